The van der Waals surface area contributed by atoms with Crippen LogP contribution in [0.4, 0.5) is 0 Å². The smallest absolute Gasteiger partial charge is 0.275 e. The molecule has 102 valence electrons. The van der Waals surface area contributed by atoms with Gasteiger partial charge in [0.25, 0.3) is 5.91 Å². The van der Waals surface area contributed by atoms with Crippen LogP contribution in [0.15, 0.2) is 52.2 Å². The number of carbonyl (C=O) groups is 1. The van der Waals surface area contributed by atoms with E-state index >= 15 is 0 Å². The van der Waals surface area contributed by atoms with Crippen LogP contribution in [-0.2, 0) is 0 Å². The van der Waals surface area contributed by atoms with E-state index in [1.54, 1.807) is 30.5 Å². The molecule has 0 unspecified atom stereocenters. The van der Waals surface area contributed by atoms with Gasteiger partial charge in [-0.15, -0.1) is 0 Å². The summed E-state index contributed by atoms with van der Waals surface area (Å²) in [6.45, 7) is 0. The average molecular weight is 272 g/mol. The molecule has 0 atom stereocenters. The third kappa shape index (κ3) is 3.49. The number of phenols is 2. The van der Waals surface area contributed by atoms with Gasteiger partial charge in [-0.2, -0.15) is 5.10 Å². The number of phenolic OH excluding ortho intramolecular Hbond substituents is 2. The van der Waals surface area contributed by atoms with E-state index in [1.165, 1.54) is 18.3 Å². The summed E-state index contributed by atoms with van der Waals surface area (Å²) in [7, 11) is 0. The lowest BCUT2D eigenvalue weighted by Crippen LogP contribution is -2.17. The molecule has 0 spiro atoms. The van der Waals surface area contributed by atoms with Gasteiger partial charge < -0.3 is 14.6 Å². The molecule has 0 saturated carbocycles. The van der Waals surface area contributed by atoms with E-state index < -0.39 is 5.91 Å². The molecule has 3 N–H and O–H groups in total. The van der Waals surface area contributed by atoms with Crippen molar-refractivity contribution >= 4 is 18.2 Å². The van der Waals surface area contributed by atoms with E-state index in [-0.39, 0.29) is 17.1 Å². The van der Waals surface area contributed by atoms with Gasteiger partial charge in [0.2, 0.25) is 0 Å². The van der Waals surface area contributed by atoms with E-state index in [0.29, 0.717) is 5.76 Å². The first-order valence-corrected chi connectivity index (χ1v) is 5.72. The standard InChI is InChI=1S/C14H12N2O4/c17-10-5-6-12(13(18)9-10)14(19)16-15-7-1-3-11-4-2-8-20-11/h1-9,17-18H,(H,16,19)/b3-1+,15-7+. The lowest BCUT2D eigenvalue weighted by molar-refractivity contribution is 0.0952. The third-order valence-electron chi connectivity index (χ3n) is 2.36. The summed E-state index contributed by atoms with van der Waals surface area (Å²) >= 11 is 0. The van der Waals surface area contributed by atoms with Crippen molar-refractivity contribution in [2.75, 3.05) is 0 Å². The lowest BCUT2D eigenvalue weighted by atomic mass is 10.2. The number of benzene rings is 1. The summed E-state index contributed by atoms with van der Waals surface area (Å²) in [5, 5.41) is 22.3. The summed E-state index contributed by atoms with van der Waals surface area (Å²) < 4.78 is 5.06. The molecular weight excluding hydrogens is 260 g/mol. The highest BCUT2D eigenvalue weighted by Crippen LogP contribution is 2.22. The first kappa shape index (κ1) is 13.4. The average Bonchev–Trinajstić information content (AvgIpc) is 2.91. The van der Waals surface area contributed by atoms with Gasteiger partial charge in [-0.05, 0) is 36.4 Å². The topological polar surface area (TPSA) is 95.1 Å². The fourth-order valence-electron chi connectivity index (χ4n) is 1.44. The molecule has 20 heavy (non-hydrogen) atoms. The number of carbonyl (C=O) groups excluding carboxylic acids is 1. The van der Waals surface area contributed by atoms with Gasteiger partial charge in [-0.1, -0.05) is 0 Å². The Morgan fingerprint density at radius 3 is 2.85 bits per heavy atom. The highest BCUT2D eigenvalue weighted by Gasteiger charge is 2.10. The number of nitrogens with zero attached hydrogens (tertiary/aromatic N) is 1. The fraction of sp³-hybridized carbons (Fsp3) is 0. The van der Waals surface area contributed by atoms with Crippen LogP contribution >= 0.6 is 0 Å². The van der Waals surface area contributed by atoms with E-state index in [9.17, 15) is 9.90 Å². The predicted octanol–water partition coefficient (Wildman–Crippen LogP) is 2.12. The predicted molar refractivity (Wildman–Crippen MR) is 73.5 cm³/mol. The molecule has 0 saturated heterocycles. The Morgan fingerprint density at radius 1 is 1.30 bits per heavy atom. The second-order valence-corrected chi connectivity index (χ2v) is 3.80. The summed E-state index contributed by atoms with van der Waals surface area (Å²) in [6.07, 6.45) is 6.19. The Labute approximate surface area is 114 Å². The molecule has 1 aromatic heterocycles. The zero-order chi connectivity index (χ0) is 14.4. The second-order valence-electron chi connectivity index (χ2n) is 3.80. The molecule has 0 fully saturated rings. The first-order valence-electron chi connectivity index (χ1n) is 5.72. The summed E-state index contributed by atoms with van der Waals surface area (Å²) in [5.41, 5.74) is 2.27. The van der Waals surface area contributed by atoms with Crippen molar-refractivity contribution in [3.8, 4) is 11.5 Å². The minimum absolute atomic E-state index is 0.0231. The van der Waals surface area contributed by atoms with Crippen LogP contribution < -0.4 is 5.43 Å². The van der Waals surface area contributed by atoms with Crippen LogP contribution in [-0.4, -0.2) is 22.3 Å². The second kappa shape index (κ2) is 6.24. The Hall–Kier alpha value is -3.02. The molecule has 1 heterocycles. The molecule has 0 aliphatic rings. The Bertz CT molecular complexity index is 645. The van der Waals surface area contributed by atoms with Crippen LogP contribution in [0.2, 0.25) is 0 Å². The number of rotatable bonds is 4. The lowest BCUT2D eigenvalue weighted by Gasteiger charge is -2.02. The van der Waals surface area contributed by atoms with Crippen LogP contribution in [0.3, 0.4) is 0 Å². The van der Waals surface area contributed by atoms with Gasteiger partial charge in [-0.25, -0.2) is 5.43 Å². The minimum atomic E-state index is -0.579. The molecule has 1 aromatic carbocycles. The van der Waals surface area contributed by atoms with Crippen LogP contribution in [0, 0.1) is 0 Å². The summed E-state index contributed by atoms with van der Waals surface area (Å²) in [5.74, 6) is -0.350. The van der Waals surface area contributed by atoms with Crippen LogP contribution in [0.1, 0.15) is 16.1 Å². The maximum atomic E-state index is 11.7. The van der Waals surface area contributed by atoms with Gasteiger partial charge in [-0.3, -0.25) is 4.79 Å². The maximum absolute atomic E-state index is 11.7. The van der Waals surface area contributed by atoms with Crippen molar-refractivity contribution in [3.05, 3.63) is 54.0 Å². The monoisotopic (exact) mass is 272 g/mol. The normalized spacial score (nSPS) is 11.2. The summed E-state index contributed by atoms with van der Waals surface area (Å²) in [6, 6.07) is 7.21. The molecule has 2 aromatic rings. The fourth-order valence-corrected chi connectivity index (χ4v) is 1.44. The van der Waals surface area contributed by atoms with Crippen molar-refractivity contribution < 1.29 is 19.4 Å². The van der Waals surface area contributed by atoms with Crippen molar-refractivity contribution in [2.45, 2.75) is 0 Å². The van der Waals surface area contributed by atoms with Gasteiger partial charge in [0.15, 0.2) is 0 Å². The number of aromatic hydroxyl groups is 2. The van der Waals surface area contributed by atoms with Gasteiger partial charge in [0.05, 0.1) is 11.8 Å². The molecule has 1 amide bonds. The quantitative estimate of drug-likeness (QED) is 0.587. The minimum Gasteiger partial charge on any atom is -0.508 e. The number of amides is 1. The summed E-state index contributed by atoms with van der Waals surface area (Å²) in [4.78, 5) is 11.7. The van der Waals surface area contributed by atoms with Crippen LogP contribution in [0.5, 0.6) is 11.5 Å². The molecule has 6 heteroatoms. The Balaban J connectivity index is 1.92. The van der Waals surface area contributed by atoms with Crippen molar-refractivity contribution in [1.82, 2.24) is 5.43 Å². The number of hydrazone groups is 1. The van der Waals surface area contributed by atoms with Gasteiger partial charge >= 0.3 is 0 Å². The molecule has 0 bridgehead atoms. The molecular formula is C14H12N2O4. The van der Waals surface area contributed by atoms with Gasteiger partial charge in [0.1, 0.15) is 17.3 Å². The Morgan fingerprint density at radius 2 is 2.15 bits per heavy atom. The number of furan rings is 1. The first-order chi connectivity index (χ1) is 9.66. The zero-order valence-corrected chi connectivity index (χ0v) is 10.4. The third-order valence-corrected chi connectivity index (χ3v) is 2.36. The molecule has 0 radical (unpaired) electrons. The highest BCUT2D eigenvalue weighted by molar-refractivity contribution is 5.97. The maximum Gasteiger partial charge on any atom is 0.275 e. The number of hydrogen-bond acceptors (Lipinski definition) is 5. The molecule has 0 aliphatic carbocycles. The van der Waals surface area contributed by atoms with E-state index in [1.807, 2.05) is 0 Å². The highest BCUT2D eigenvalue weighted by atomic mass is 16.3. The van der Waals surface area contributed by atoms with E-state index in [2.05, 4.69) is 10.5 Å². The Kier molecular flexibility index (Phi) is 4.18. The molecule has 0 aliphatic heterocycles. The number of hydrogen-bond donors (Lipinski definition) is 3. The van der Waals surface area contributed by atoms with Crippen molar-refractivity contribution in [3.63, 3.8) is 0 Å². The van der Waals surface area contributed by atoms with E-state index in [0.717, 1.165) is 6.07 Å². The number of nitrogens with one attached hydrogen (secondary N) is 1. The molecule has 6 nitrogen and oxygen atoms in total. The largest absolute Gasteiger partial charge is 0.508 e. The molecule has 2 rings (SSSR count). The van der Waals surface area contributed by atoms with E-state index in [4.69, 9.17) is 9.52 Å². The van der Waals surface area contributed by atoms with Crippen molar-refractivity contribution in [2.24, 2.45) is 5.10 Å². The van der Waals surface area contributed by atoms with Crippen LogP contribution in [0.25, 0.3) is 6.08 Å². The SMILES string of the molecule is O=C(N/N=C/C=C/c1ccco1)c1ccc(O)cc1O. The van der Waals surface area contributed by atoms with Crippen molar-refractivity contribution in [1.29, 1.82) is 0 Å². The number of allylic oxidation sites excluding steroid dienone is 1. The van der Waals surface area contributed by atoms with Gasteiger partial charge in [0, 0.05) is 12.3 Å². The zero-order valence-electron chi connectivity index (χ0n) is 10.4.